The number of alkyl halides is 1. The highest BCUT2D eigenvalue weighted by Crippen LogP contribution is 2.40. The molecule has 5 rings (SSSR count). The predicted molar refractivity (Wildman–Crippen MR) is 103 cm³/mol. The smallest absolute Gasteiger partial charge is 0.319 e. The van der Waals surface area contributed by atoms with Gasteiger partial charge in [0.05, 0.1) is 17.5 Å². The molecule has 3 atom stereocenters. The third kappa shape index (κ3) is 3.20. The minimum absolute atomic E-state index is 0.106. The maximum absolute atomic E-state index is 13.9. The van der Waals surface area contributed by atoms with Crippen molar-refractivity contribution in [2.75, 3.05) is 37.7 Å². The Morgan fingerprint density at radius 2 is 2.14 bits per heavy atom. The third-order valence-electron chi connectivity index (χ3n) is 6.70. The summed E-state index contributed by atoms with van der Waals surface area (Å²) in [6.45, 7) is 3.37. The molecule has 1 amide bonds. The molecule has 152 valence electrons. The number of aromatic nitrogens is 2. The summed E-state index contributed by atoms with van der Waals surface area (Å²) in [5.74, 6) is 0.820. The van der Waals surface area contributed by atoms with Crippen molar-refractivity contribution in [3.8, 4) is 6.01 Å². The Morgan fingerprint density at radius 1 is 1.32 bits per heavy atom. The van der Waals surface area contributed by atoms with E-state index >= 15 is 0 Å². The maximum Gasteiger partial charge on any atom is 0.319 e. The van der Waals surface area contributed by atoms with E-state index < -0.39 is 6.17 Å². The summed E-state index contributed by atoms with van der Waals surface area (Å²) in [5.41, 5.74) is -0.381. The van der Waals surface area contributed by atoms with Crippen LogP contribution >= 0.6 is 11.6 Å². The summed E-state index contributed by atoms with van der Waals surface area (Å²) in [4.78, 5) is 24.6. The van der Waals surface area contributed by atoms with Crippen molar-refractivity contribution in [1.82, 2.24) is 20.2 Å². The van der Waals surface area contributed by atoms with Crippen molar-refractivity contribution in [3.63, 3.8) is 0 Å². The summed E-state index contributed by atoms with van der Waals surface area (Å²) in [6.07, 6.45) is 4.26. The second-order valence-electron chi connectivity index (χ2n) is 8.73. The molecular weight excluding hydrogens is 385 g/mol. The van der Waals surface area contributed by atoms with E-state index in [0.29, 0.717) is 43.5 Å². The van der Waals surface area contributed by atoms with Gasteiger partial charge in [-0.2, -0.15) is 9.97 Å². The first-order valence-corrected chi connectivity index (χ1v) is 10.5. The fourth-order valence-electron chi connectivity index (χ4n) is 5.42. The van der Waals surface area contributed by atoms with Crippen LogP contribution in [-0.2, 0) is 4.79 Å². The summed E-state index contributed by atoms with van der Waals surface area (Å²) in [6, 6.07) is 1.98. The van der Waals surface area contributed by atoms with Gasteiger partial charge in [0.1, 0.15) is 23.7 Å². The van der Waals surface area contributed by atoms with Crippen LogP contribution in [0.4, 0.5) is 10.2 Å². The average Bonchev–Trinajstić information content (AvgIpc) is 3.14. The Kier molecular flexibility index (Phi) is 4.39. The monoisotopic (exact) mass is 409 g/mol. The average molecular weight is 410 g/mol. The number of amides is 1. The van der Waals surface area contributed by atoms with Gasteiger partial charge in [0.25, 0.3) is 0 Å². The van der Waals surface area contributed by atoms with E-state index in [0.717, 1.165) is 38.8 Å². The first-order valence-electron chi connectivity index (χ1n) is 10.1. The Morgan fingerprint density at radius 3 is 2.96 bits per heavy atom. The lowest BCUT2D eigenvalue weighted by Gasteiger charge is -2.49. The number of nitrogens with one attached hydrogen (secondary N) is 1. The molecule has 7 nitrogen and oxygen atoms in total. The number of halogens is 2. The fraction of sp³-hybridized carbons (Fsp3) is 0.737. The number of ether oxygens (including phenoxy) is 1. The van der Waals surface area contributed by atoms with E-state index in [-0.39, 0.29) is 23.0 Å². The Bertz CT molecular complexity index is 788. The van der Waals surface area contributed by atoms with Gasteiger partial charge < -0.3 is 15.0 Å². The van der Waals surface area contributed by atoms with Gasteiger partial charge in [-0.3, -0.25) is 9.69 Å². The lowest BCUT2D eigenvalue weighted by atomic mass is 9.80. The van der Waals surface area contributed by atoms with Gasteiger partial charge >= 0.3 is 6.01 Å². The van der Waals surface area contributed by atoms with Crippen LogP contribution in [0.25, 0.3) is 0 Å². The molecule has 1 aromatic heterocycles. The normalized spacial score (nSPS) is 35.0. The molecule has 0 saturated carbocycles. The standard InChI is InChI=1S/C19H25ClFN5O2/c20-14-7-15(25-5-1-3-18(11-25)9-16(27)24-18)23-17(22-14)28-12-19-4-2-6-26(19)10-13(21)8-19/h7,13H,1-6,8-12H2,(H,24,27)/t13-,18?,19+/m1/s1. The summed E-state index contributed by atoms with van der Waals surface area (Å²) < 4.78 is 19.9. The number of fused-ring (bicyclic) bond motifs is 1. The van der Waals surface area contributed by atoms with Crippen molar-refractivity contribution in [3.05, 3.63) is 11.2 Å². The number of β-lactam (4-membered cyclic amide) rings is 1. The lowest BCUT2D eigenvalue weighted by molar-refractivity contribution is -0.133. The minimum Gasteiger partial charge on any atom is -0.461 e. The molecule has 4 fully saturated rings. The van der Waals surface area contributed by atoms with E-state index in [9.17, 15) is 9.18 Å². The van der Waals surface area contributed by atoms with Crippen molar-refractivity contribution >= 4 is 23.3 Å². The van der Waals surface area contributed by atoms with E-state index in [1.165, 1.54) is 0 Å². The molecule has 1 N–H and O–H groups in total. The molecule has 4 aliphatic heterocycles. The van der Waals surface area contributed by atoms with E-state index in [1.54, 1.807) is 6.07 Å². The zero-order valence-electron chi connectivity index (χ0n) is 15.8. The molecule has 0 aliphatic carbocycles. The third-order valence-corrected chi connectivity index (χ3v) is 6.89. The zero-order chi connectivity index (χ0) is 19.4. The molecule has 4 aliphatic rings. The molecule has 28 heavy (non-hydrogen) atoms. The van der Waals surface area contributed by atoms with Crippen LogP contribution in [0.2, 0.25) is 5.15 Å². The van der Waals surface area contributed by atoms with Gasteiger partial charge in [0.15, 0.2) is 0 Å². The summed E-state index contributed by atoms with van der Waals surface area (Å²) in [7, 11) is 0. The van der Waals surface area contributed by atoms with Crippen LogP contribution in [0.1, 0.15) is 38.5 Å². The highest BCUT2D eigenvalue weighted by molar-refractivity contribution is 6.29. The predicted octanol–water partition coefficient (Wildman–Crippen LogP) is 1.94. The van der Waals surface area contributed by atoms with E-state index in [2.05, 4.69) is 25.1 Å². The molecule has 1 spiro atoms. The van der Waals surface area contributed by atoms with Crippen LogP contribution < -0.4 is 15.0 Å². The zero-order valence-corrected chi connectivity index (χ0v) is 16.6. The molecular formula is C19H25ClFN5O2. The van der Waals surface area contributed by atoms with Crippen molar-refractivity contribution < 1.29 is 13.9 Å². The van der Waals surface area contributed by atoms with Crippen LogP contribution in [-0.4, -0.2) is 70.8 Å². The summed E-state index contributed by atoms with van der Waals surface area (Å²) in [5, 5.41) is 3.38. The molecule has 0 aromatic carbocycles. The van der Waals surface area contributed by atoms with Crippen LogP contribution in [0, 0.1) is 0 Å². The minimum atomic E-state index is -0.790. The molecule has 0 bridgehead atoms. The number of carbonyl (C=O) groups is 1. The first-order chi connectivity index (χ1) is 13.5. The Labute approximate surface area is 168 Å². The Balaban J connectivity index is 1.30. The molecule has 0 radical (unpaired) electrons. The van der Waals surface area contributed by atoms with Crippen LogP contribution in [0.5, 0.6) is 6.01 Å². The van der Waals surface area contributed by atoms with Crippen molar-refractivity contribution in [2.24, 2.45) is 0 Å². The molecule has 5 heterocycles. The number of carbonyl (C=O) groups excluding carboxylic acids is 1. The van der Waals surface area contributed by atoms with Gasteiger partial charge in [-0.25, -0.2) is 4.39 Å². The lowest BCUT2D eigenvalue weighted by Crippen LogP contribution is -2.68. The maximum atomic E-state index is 13.9. The molecule has 9 heteroatoms. The molecule has 1 aromatic rings. The second-order valence-corrected chi connectivity index (χ2v) is 9.11. The number of piperidine rings is 1. The van der Waals surface area contributed by atoms with E-state index in [4.69, 9.17) is 16.3 Å². The van der Waals surface area contributed by atoms with Crippen LogP contribution in [0.3, 0.4) is 0 Å². The van der Waals surface area contributed by atoms with Crippen molar-refractivity contribution in [1.29, 1.82) is 0 Å². The SMILES string of the molecule is O=C1CC2(CCCN(c3cc(Cl)nc(OC[C@@]45CCCN4C[C@H](F)C5)n3)C2)N1. The van der Waals surface area contributed by atoms with Gasteiger partial charge in [-0.15, -0.1) is 0 Å². The van der Waals surface area contributed by atoms with Gasteiger partial charge in [-0.1, -0.05) is 11.6 Å². The van der Waals surface area contributed by atoms with Crippen molar-refractivity contribution in [2.45, 2.75) is 55.8 Å². The van der Waals surface area contributed by atoms with Gasteiger partial charge in [0.2, 0.25) is 5.91 Å². The Hall–Kier alpha value is -1.67. The highest BCUT2D eigenvalue weighted by atomic mass is 35.5. The first kappa shape index (κ1) is 18.4. The van der Waals surface area contributed by atoms with Gasteiger partial charge in [0, 0.05) is 32.1 Å². The topological polar surface area (TPSA) is 70.6 Å². The van der Waals surface area contributed by atoms with Gasteiger partial charge in [-0.05, 0) is 32.2 Å². The summed E-state index contributed by atoms with van der Waals surface area (Å²) >= 11 is 6.24. The quantitative estimate of drug-likeness (QED) is 0.605. The van der Waals surface area contributed by atoms with Crippen LogP contribution in [0.15, 0.2) is 6.07 Å². The highest BCUT2D eigenvalue weighted by Gasteiger charge is 2.49. The second kappa shape index (κ2) is 6.69. The molecule has 1 unspecified atom stereocenters. The number of nitrogens with zero attached hydrogens (tertiary/aromatic N) is 4. The van der Waals surface area contributed by atoms with E-state index in [1.807, 2.05) is 0 Å². The number of hydrogen-bond acceptors (Lipinski definition) is 6. The largest absolute Gasteiger partial charge is 0.461 e. The molecule has 4 saturated heterocycles. The number of rotatable bonds is 4. The number of anilines is 1. The number of hydrogen-bond donors (Lipinski definition) is 1. The fourth-order valence-corrected chi connectivity index (χ4v) is 5.59.